The van der Waals surface area contributed by atoms with E-state index in [0.717, 1.165) is 11.8 Å². The molecule has 0 saturated heterocycles. The highest BCUT2D eigenvalue weighted by atomic mass is 32.2. The van der Waals surface area contributed by atoms with Gasteiger partial charge in [-0.15, -0.1) is 0 Å². The van der Waals surface area contributed by atoms with Crippen molar-refractivity contribution in [1.82, 2.24) is 10.6 Å². The molecule has 0 aromatic rings. The zero-order chi connectivity index (χ0) is 17.9. The first-order chi connectivity index (χ1) is 10.7. The summed E-state index contributed by atoms with van der Waals surface area (Å²) in [6, 6.07) is 0. The first-order valence-electron chi connectivity index (χ1n) is 7.37. The SMILES string of the molecule is C/C=C/C(=O)SCCNC(=O)CCNC(=O)C(O)C(C)(C)CO. The Morgan fingerprint density at radius 1 is 1.22 bits per heavy atom. The van der Waals surface area contributed by atoms with Crippen LogP contribution in [0.1, 0.15) is 27.2 Å². The molecular formula is C15H26N2O5S. The van der Waals surface area contributed by atoms with Crippen molar-refractivity contribution >= 4 is 28.7 Å². The molecule has 2 amide bonds. The van der Waals surface area contributed by atoms with Crippen molar-refractivity contribution in [3.8, 4) is 0 Å². The lowest BCUT2D eigenvalue weighted by Gasteiger charge is -2.27. The fraction of sp³-hybridized carbons (Fsp3) is 0.667. The second kappa shape index (κ2) is 11.2. The number of hydrogen-bond acceptors (Lipinski definition) is 6. The van der Waals surface area contributed by atoms with E-state index in [1.165, 1.54) is 6.08 Å². The Labute approximate surface area is 140 Å². The molecule has 0 fully saturated rings. The average Bonchev–Trinajstić information content (AvgIpc) is 2.50. The molecule has 4 N–H and O–H groups in total. The van der Waals surface area contributed by atoms with Crippen LogP contribution in [0.5, 0.6) is 0 Å². The lowest BCUT2D eigenvalue weighted by atomic mass is 9.87. The van der Waals surface area contributed by atoms with Crippen molar-refractivity contribution in [3.63, 3.8) is 0 Å². The van der Waals surface area contributed by atoms with Crippen molar-refractivity contribution in [3.05, 3.63) is 12.2 Å². The number of hydrogen-bond donors (Lipinski definition) is 4. The summed E-state index contributed by atoms with van der Waals surface area (Å²) in [5, 5.41) is 23.9. The van der Waals surface area contributed by atoms with E-state index < -0.39 is 17.4 Å². The number of nitrogens with one attached hydrogen (secondary N) is 2. The molecule has 1 unspecified atom stereocenters. The van der Waals surface area contributed by atoms with Crippen LogP contribution in [0, 0.1) is 5.41 Å². The van der Waals surface area contributed by atoms with Crippen LogP contribution < -0.4 is 10.6 Å². The van der Waals surface area contributed by atoms with Crippen molar-refractivity contribution in [1.29, 1.82) is 0 Å². The number of allylic oxidation sites excluding steroid dienone is 1. The third kappa shape index (κ3) is 9.37. The number of amides is 2. The first-order valence-corrected chi connectivity index (χ1v) is 8.36. The maximum Gasteiger partial charge on any atom is 0.249 e. The monoisotopic (exact) mass is 346 g/mol. The number of thioether (sulfide) groups is 1. The highest BCUT2D eigenvalue weighted by Crippen LogP contribution is 2.19. The van der Waals surface area contributed by atoms with E-state index >= 15 is 0 Å². The summed E-state index contributed by atoms with van der Waals surface area (Å²) >= 11 is 1.11. The molecule has 0 heterocycles. The number of carbonyl (C=O) groups is 3. The number of aliphatic hydroxyl groups excluding tert-OH is 2. The van der Waals surface area contributed by atoms with Gasteiger partial charge in [0, 0.05) is 30.7 Å². The highest BCUT2D eigenvalue weighted by Gasteiger charge is 2.32. The Bertz CT molecular complexity index is 438. The smallest absolute Gasteiger partial charge is 0.249 e. The molecule has 0 aliphatic carbocycles. The van der Waals surface area contributed by atoms with E-state index in [4.69, 9.17) is 5.11 Å². The molecule has 132 valence electrons. The molecule has 0 aliphatic heterocycles. The first kappa shape index (κ1) is 21.6. The zero-order valence-electron chi connectivity index (χ0n) is 13.8. The fourth-order valence-electron chi connectivity index (χ4n) is 1.45. The molecule has 0 aliphatic rings. The minimum absolute atomic E-state index is 0.0607. The van der Waals surface area contributed by atoms with Crippen molar-refractivity contribution in [2.24, 2.45) is 5.41 Å². The van der Waals surface area contributed by atoms with Gasteiger partial charge in [0.05, 0.1) is 6.61 Å². The minimum atomic E-state index is -1.34. The van der Waals surface area contributed by atoms with Gasteiger partial charge in [-0.25, -0.2) is 0 Å². The second-order valence-electron chi connectivity index (χ2n) is 5.61. The maximum absolute atomic E-state index is 11.7. The van der Waals surface area contributed by atoms with E-state index in [9.17, 15) is 19.5 Å². The van der Waals surface area contributed by atoms with Crippen LogP contribution in [0.2, 0.25) is 0 Å². The third-order valence-electron chi connectivity index (χ3n) is 3.02. The summed E-state index contributed by atoms with van der Waals surface area (Å²) in [4.78, 5) is 34.4. The quantitative estimate of drug-likeness (QED) is 0.322. The molecule has 1 atom stereocenters. The van der Waals surface area contributed by atoms with Gasteiger partial charge in [0.2, 0.25) is 16.9 Å². The standard InChI is InChI=1S/C15H26N2O5S/c1-4-5-12(20)23-9-8-16-11(19)6-7-17-14(22)13(21)15(2,3)10-18/h4-5,13,18,21H,6-10H2,1-3H3,(H,16,19)(H,17,22)/b5-4+. The van der Waals surface area contributed by atoms with Crippen LogP contribution in [-0.4, -0.2) is 58.7 Å². The topological polar surface area (TPSA) is 116 Å². The lowest BCUT2D eigenvalue weighted by Crippen LogP contribution is -2.46. The van der Waals surface area contributed by atoms with Gasteiger partial charge >= 0.3 is 0 Å². The Morgan fingerprint density at radius 3 is 2.43 bits per heavy atom. The van der Waals surface area contributed by atoms with E-state index in [1.807, 2.05) is 0 Å². The van der Waals surface area contributed by atoms with Gasteiger partial charge in [-0.05, 0) is 13.0 Å². The summed E-state index contributed by atoms with van der Waals surface area (Å²) in [7, 11) is 0. The normalized spacial score (nSPS) is 12.9. The van der Waals surface area contributed by atoms with Crippen LogP contribution in [0.15, 0.2) is 12.2 Å². The number of aliphatic hydroxyl groups is 2. The molecule has 0 bridgehead atoms. The average molecular weight is 346 g/mol. The van der Waals surface area contributed by atoms with Gasteiger partial charge in [0.25, 0.3) is 0 Å². The van der Waals surface area contributed by atoms with Crippen molar-refractivity contribution in [2.45, 2.75) is 33.3 Å². The van der Waals surface area contributed by atoms with Gasteiger partial charge in [-0.2, -0.15) is 0 Å². The fourth-order valence-corrected chi connectivity index (χ4v) is 2.09. The maximum atomic E-state index is 11.7. The van der Waals surface area contributed by atoms with E-state index in [2.05, 4.69) is 10.6 Å². The predicted molar refractivity (Wildman–Crippen MR) is 89.8 cm³/mol. The molecule has 0 aromatic heterocycles. The Hall–Kier alpha value is -1.38. The highest BCUT2D eigenvalue weighted by molar-refractivity contribution is 8.14. The molecule has 0 spiro atoms. The Morgan fingerprint density at radius 2 is 1.87 bits per heavy atom. The van der Waals surface area contributed by atoms with E-state index in [-0.39, 0.29) is 30.6 Å². The van der Waals surface area contributed by atoms with Crippen molar-refractivity contribution in [2.75, 3.05) is 25.4 Å². The Kier molecular flexibility index (Phi) is 10.5. The minimum Gasteiger partial charge on any atom is -0.396 e. The predicted octanol–water partition coefficient (Wildman–Crippen LogP) is -0.176. The van der Waals surface area contributed by atoms with Gasteiger partial charge in [0.1, 0.15) is 6.10 Å². The third-order valence-corrected chi connectivity index (χ3v) is 3.85. The van der Waals surface area contributed by atoms with Crippen LogP contribution in [-0.2, 0) is 14.4 Å². The van der Waals surface area contributed by atoms with Gasteiger partial charge in [-0.1, -0.05) is 31.7 Å². The molecule has 0 aromatic carbocycles. The molecular weight excluding hydrogens is 320 g/mol. The summed E-state index contributed by atoms with van der Waals surface area (Å²) in [6.45, 7) is 5.01. The van der Waals surface area contributed by atoms with Gasteiger partial charge < -0.3 is 20.8 Å². The van der Waals surface area contributed by atoms with Gasteiger partial charge in [-0.3, -0.25) is 14.4 Å². The summed E-state index contributed by atoms with van der Waals surface area (Å²) in [5.74, 6) is -0.394. The summed E-state index contributed by atoms with van der Waals surface area (Å²) in [5.41, 5.74) is -0.941. The number of carbonyl (C=O) groups excluding carboxylic acids is 3. The van der Waals surface area contributed by atoms with E-state index in [0.29, 0.717) is 12.3 Å². The summed E-state index contributed by atoms with van der Waals surface area (Å²) in [6.07, 6.45) is 1.85. The van der Waals surface area contributed by atoms with Crippen LogP contribution in [0.4, 0.5) is 0 Å². The molecule has 7 nitrogen and oxygen atoms in total. The molecule has 23 heavy (non-hydrogen) atoms. The molecule has 8 heteroatoms. The van der Waals surface area contributed by atoms with Gasteiger partial charge in [0.15, 0.2) is 0 Å². The van der Waals surface area contributed by atoms with Crippen LogP contribution in [0.3, 0.4) is 0 Å². The van der Waals surface area contributed by atoms with Crippen LogP contribution in [0.25, 0.3) is 0 Å². The Balaban J connectivity index is 3.86. The summed E-state index contributed by atoms with van der Waals surface area (Å²) < 4.78 is 0. The number of rotatable bonds is 10. The molecule has 0 rings (SSSR count). The molecule has 0 saturated carbocycles. The molecule has 0 radical (unpaired) electrons. The second-order valence-corrected chi connectivity index (χ2v) is 6.71. The zero-order valence-corrected chi connectivity index (χ0v) is 14.6. The van der Waals surface area contributed by atoms with Crippen molar-refractivity contribution < 1.29 is 24.6 Å². The van der Waals surface area contributed by atoms with Crippen LogP contribution >= 0.6 is 11.8 Å². The largest absolute Gasteiger partial charge is 0.396 e. The van der Waals surface area contributed by atoms with E-state index in [1.54, 1.807) is 26.8 Å². The lowest BCUT2D eigenvalue weighted by molar-refractivity contribution is -0.137.